The van der Waals surface area contributed by atoms with Crippen molar-refractivity contribution in [2.24, 2.45) is 0 Å². The lowest BCUT2D eigenvalue weighted by molar-refractivity contribution is 0.103. The van der Waals surface area contributed by atoms with Gasteiger partial charge in [0.1, 0.15) is 11.0 Å². The van der Waals surface area contributed by atoms with Gasteiger partial charge in [-0.15, -0.1) is 0 Å². The first-order valence-electron chi connectivity index (χ1n) is 4.42. The van der Waals surface area contributed by atoms with Gasteiger partial charge in [0.15, 0.2) is 0 Å². The van der Waals surface area contributed by atoms with Gasteiger partial charge >= 0.3 is 0 Å². The maximum atomic E-state index is 12.7. The first kappa shape index (κ1) is 11.2. The Morgan fingerprint density at radius 3 is 2.31 bits per heavy atom. The Labute approximate surface area is 101 Å². The van der Waals surface area contributed by atoms with Crippen LogP contribution in [0.15, 0.2) is 30.3 Å². The molecular weight excluding hydrogens is 252 g/mol. The first-order chi connectivity index (χ1) is 7.58. The molecule has 0 fully saturated rings. The van der Waals surface area contributed by atoms with Gasteiger partial charge < -0.3 is 4.98 Å². The Morgan fingerprint density at radius 2 is 1.81 bits per heavy atom. The molecule has 0 aliphatic heterocycles. The predicted octanol–water partition coefficient (Wildman–Crippen LogP) is 3.69. The van der Waals surface area contributed by atoms with Crippen molar-refractivity contribution < 1.29 is 9.18 Å². The van der Waals surface area contributed by atoms with Gasteiger partial charge in [0.25, 0.3) is 0 Å². The van der Waals surface area contributed by atoms with Crippen molar-refractivity contribution in [1.82, 2.24) is 4.98 Å². The van der Waals surface area contributed by atoms with Crippen LogP contribution >= 0.6 is 23.2 Å². The van der Waals surface area contributed by atoms with E-state index in [1.165, 1.54) is 30.3 Å². The minimum Gasteiger partial charge on any atom is -0.342 e. The SMILES string of the molecule is O=C(c1ccc(F)cc1)c1cc(Cl)c(Cl)[nH]1. The fraction of sp³-hybridized carbons (Fsp3) is 0. The van der Waals surface area contributed by atoms with Crippen molar-refractivity contribution in [3.63, 3.8) is 0 Å². The van der Waals surface area contributed by atoms with Crippen molar-refractivity contribution in [3.05, 3.63) is 57.6 Å². The number of nitrogens with one attached hydrogen (secondary N) is 1. The molecule has 0 unspecified atom stereocenters. The summed E-state index contributed by atoms with van der Waals surface area (Å²) >= 11 is 11.4. The van der Waals surface area contributed by atoms with Crippen molar-refractivity contribution in [1.29, 1.82) is 0 Å². The van der Waals surface area contributed by atoms with Gasteiger partial charge in [0.2, 0.25) is 5.78 Å². The summed E-state index contributed by atoms with van der Waals surface area (Å²) in [5, 5.41) is 0.499. The second kappa shape index (κ2) is 4.28. The Kier molecular flexibility index (Phi) is 2.99. The number of rotatable bonds is 2. The second-order valence-corrected chi connectivity index (χ2v) is 3.97. The number of aromatic amines is 1. The van der Waals surface area contributed by atoms with Crippen LogP contribution < -0.4 is 0 Å². The number of halogens is 3. The molecule has 0 aliphatic rings. The Balaban J connectivity index is 2.35. The molecule has 0 radical (unpaired) electrons. The number of ketones is 1. The van der Waals surface area contributed by atoms with Crippen molar-refractivity contribution in [2.75, 3.05) is 0 Å². The zero-order chi connectivity index (χ0) is 11.7. The molecule has 1 aromatic carbocycles. The summed E-state index contributed by atoms with van der Waals surface area (Å²) in [4.78, 5) is 14.5. The topological polar surface area (TPSA) is 32.9 Å². The molecule has 2 nitrogen and oxygen atoms in total. The first-order valence-corrected chi connectivity index (χ1v) is 5.18. The third-order valence-corrected chi connectivity index (χ3v) is 2.77. The van der Waals surface area contributed by atoms with Gasteiger partial charge in [0, 0.05) is 5.56 Å². The summed E-state index contributed by atoms with van der Waals surface area (Å²) in [5.74, 6) is -0.673. The molecule has 2 aromatic rings. The van der Waals surface area contributed by atoms with Gasteiger partial charge in [-0.2, -0.15) is 0 Å². The second-order valence-electron chi connectivity index (χ2n) is 3.18. The van der Waals surface area contributed by atoms with E-state index >= 15 is 0 Å². The van der Waals surface area contributed by atoms with E-state index in [-0.39, 0.29) is 27.5 Å². The van der Waals surface area contributed by atoms with Crippen LogP contribution in [0.4, 0.5) is 4.39 Å². The average molecular weight is 258 g/mol. The Hall–Kier alpha value is -1.32. The lowest BCUT2D eigenvalue weighted by Crippen LogP contribution is -2.01. The number of carbonyl (C=O) groups is 1. The van der Waals surface area contributed by atoms with Crippen LogP contribution in [0.2, 0.25) is 10.2 Å². The number of benzene rings is 1. The van der Waals surface area contributed by atoms with Gasteiger partial charge in [-0.25, -0.2) is 4.39 Å². The molecular formula is C11H6Cl2FNO. The molecule has 82 valence electrons. The summed E-state index contributed by atoms with van der Waals surface area (Å²) < 4.78 is 12.7. The molecule has 2 rings (SSSR count). The Morgan fingerprint density at radius 1 is 1.19 bits per heavy atom. The number of carbonyl (C=O) groups excluding carboxylic acids is 1. The van der Waals surface area contributed by atoms with E-state index < -0.39 is 0 Å². The molecule has 0 saturated heterocycles. The highest BCUT2D eigenvalue weighted by Crippen LogP contribution is 2.23. The zero-order valence-electron chi connectivity index (χ0n) is 7.93. The number of aromatic nitrogens is 1. The van der Waals surface area contributed by atoms with Crippen molar-refractivity contribution in [3.8, 4) is 0 Å². The normalized spacial score (nSPS) is 10.4. The monoisotopic (exact) mass is 257 g/mol. The highest BCUT2D eigenvalue weighted by molar-refractivity contribution is 6.41. The van der Waals surface area contributed by atoms with E-state index in [0.717, 1.165) is 0 Å². The highest BCUT2D eigenvalue weighted by Gasteiger charge is 2.13. The van der Waals surface area contributed by atoms with E-state index in [0.29, 0.717) is 5.56 Å². The molecule has 1 aromatic heterocycles. The summed E-state index contributed by atoms with van der Waals surface area (Å²) in [5.41, 5.74) is 0.651. The van der Waals surface area contributed by atoms with E-state index in [1.807, 2.05) is 0 Å². The standard InChI is InChI=1S/C11H6Cl2FNO/c12-8-5-9(15-11(8)13)10(16)6-1-3-7(14)4-2-6/h1-5,15H. The molecule has 5 heteroatoms. The summed E-state index contributed by atoms with van der Waals surface area (Å²) in [6, 6.07) is 6.69. The molecule has 0 amide bonds. The third-order valence-electron chi connectivity index (χ3n) is 2.08. The van der Waals surface area contributed by atoms with Crippen LogP contribution in [0.3, 0.4) is 0 Å². The lowest BCUT2D eigenvalue weighted by Gasteiger charge is -1.97. The van der Waals surface area contributed by atoms with Gasteiger partial charge in [-0.3, -0.25) is 4.79 Å². The molecule has 1 heterocycles. The highest BCUT2D eigenvalue weighted by atomic mass is 35.5. The fourth-order valence-electron chi connectivity index (χ4n) is 1.28. The van der Waals surface area contributed by atoms with E-state index in [9.17, 15) is 9.18 Å². The smallest absolute Gasteiger partial charge is 0.209 e. The summed E-state index contributed by atoms with van der Waals surface area (Å²) in [7, 11) is 0. The molecule has 1 N–H and O–H groups in total. The molecule has 0 aliphatic carbocycles. The Bertz CT molecular complexity index is 514. The van der Waals surface area contributed by atoms with E-state index in [2.05, 4.69) is 4.98 Å². The van der Waals surface area contributed by atoms with Crippen LogP contribution in [-0.4, -0.2) is 10.8 Å². The van der Waals surface area contributed by atoms with Crippen LogP contribution in [0.25, 0.3) is 0 Å². The maximum Gasteiger partial charge on any atom is 0.209 e. The van der Waals surface area contributed by atoms with Crippen LogP contribution in [-0.2, 0) is 0 Å². The zero-order valence-corrected chi connectivity index (χ0v) is 9.44. The number of hydrogen-bond acceptors (Lipinski definition) is 1. The van der Waals surface area contributed by atoms with Gasteiger partial charge in [0.05, 0.1) is 10.7 Å². The quantitative estimate of drug-likeness (QED) is 0.818. The number of H-pyrrole nitrogens is 1. The van der Waals surface area contributed by atoms with Crippen molar-refractivity contribution >= 4 is 29.0 Å². The van der Waals surface area contributed by atoms with Crippen LogP contribution in [0.1, 0.15) is 16.1 Å². The fourth-order valence-corrected chi connectivity index (χ4v) is 1.60. The molecule has 16 heavy (non-hydrogen) atoms. The molecule has 0 saturated carbocycles. The van der Waals surface area contributed by atoms with E-state index in [1.54, 1.807) is 0 Å². The van der Waals surface area contributed by atoms with Gasteiger partial charge in [-0.05, 0) is 30.3 Å². The summed E-state index contributed by atoms with van der Waals surface area (Å²) in [6.45, 7) is 0. The minimum absolute atomic E-state index is 0.215. The third kappa shape index (κ3) is 2.10. The van der Waals surface area contributed by atoms with Gasteiger partial charge in [-0.1, -0.05) is 23.2 Å². The van der Waals surface area contributed by atoms with Crippen LogP contribution in [0.5, 0.6) is 0 Å². The molecule has 0 spiro atoms. The molecule has 0 atom stereocenters. The van der Waals surface area contributed by atoms with Crippen molar-refractivity contribution in [2.45, 2.75) is 0 Å². The number of hydrogen-bond donors (Lipinski definition) is 1. The lowest BCUT2D eigenvalue weighted by atomic mass is 10.1. The average Bonchev–Trinajstić information content (AvgIpc) is 2.59. The maximum absolute atomic E-state index is 12.7. The summed E-state index contributed by atoms with van der Waals surface area (Å²) in [6.07, 6.45) is 0. The minimum atomic E-state index is -0.390. The van der Waals surface area contributed by atoms with Crippen LogP contribution in [0, 0.1) is 5.82 Å². The molecule has 0 bridgehead atoms. The largest absolute Gasteiger partial charge is 0.342 e. The predicted molar refractivity (Wildman–Crippen MR) is 60.6 cm³/mol. The van der Waals surface area contributed by atoms with E-state index in [4.69, 9.17) is 23.2 Å².